The average molecular weight is 316 g/mol. The second-order valence-electron chi connectivity index (χ2n) is 4.98. The van der Waals surface area contributed by atoms with Gasteiger partial charge in [0.05, 0.1) is 10.7 Å². The fraction of sp³-hybridized carbons (Fsp3) is 0.417. The molecule has 114 valence electrons. The summed E-state index contributed by atoms with van der Waals surface area (Å²) in [6.45, 7) is 1.57. The summed E-state index contributed by atoms with van der Waals surface area (Å²) in [5, 5.41) is 11.1. The minimum absolute atomic E-state index is 0.0479. The smallest absolute Gasteiger partial charge is 0.302 e. The summed E-state index contributed by atoms with van der Waals surface area (Å²) in [7, 11) is -4.69. The summed E-state index contributed by atoms with van der Waals surface area (Å²) in [6.07, 6.45) is -0.144. The topological polar surface area (TPSA) is 97.6 Å². The molecular weight excluding hydrogens is 303 g/mol. The van der Waals surface area contributed by atoms with Crippen molar-refractivity contribution in [2.24, 2.45) is 5.92 Å². The van der Waals surface area contributed by atoms with Gasteiger partial charge in [0.1, 0.15) is 5.69 Å². The lowest BCUT2D eigenvalue weighted by molar-refractivity contribution is -0.384. The molecule has 21 heavy (non-hydrogen) atoms. The number of anilines is 1. The molecule has 0 bridgehead atoms. The van der Waals surface area contributed by atoms with Crippen LogP contribution in [0.25, 0.3) is 0 Å². The monoisotopic (exact) mass is 316 g/mol. The van der Waals surface area contributed by atoms with Gasteiger partial charge in [0.2, 0.25) is 5.91 Å². The summed E-state index contributed by atoms with van der Waals surface area (Å²) in [4.78, 5) is 23.6. The zero-order valence-electron chi connectivity index (χ0n) is 11.2. The number of nitrogens with zero attached hydrogens (tertiary/aromatic N) is 2. The van der Waals surface area contributed by atoms with E-state index in [2.05, 4.69) is 0 Å². The van der Waals surface area contributed by atoms with Crippen molar-refractivity contribution >= 4 is 27.5 Å². The highest BCUT2D eigenvalue weighted by Gasteiger charge is 2.37. The fourth-order valence-electron chi connectivity index (χ4n) is 2.53. The van der Waals surface area contributed by atoms with E-state index in [-0.39, 0.29) is 24.3 Å². The number of amides is 1. The van der Waals surface area contributed by atoms with Gasteiger partial charge in [-0.1, -0.05) is 12.1 Å². The molecule has 1 aromatic carbocycles. The molecule has 2 rings (SSSR count). The van der Waals surface area contributed by atoms with Crippen LogP contribution in [0.5, 0.6) is 0 Å². The van der Waals surface area contributed by atoms with E-state index in [9.17, 15) is 27.2 Å². The van der Waals surface area contributed by atoms with Gasteiger partial charge < -0.3 is 4.90 Å². The summed E-state index contributed by atoms with van der Waals surface area (Å²) in [5.41, 5.74) is 0.444. The molecule has 1 fully saturated rings. The van der Waals surface area contributed by atoms with Gasteiger partial charge in [-0.2, -0.15) is 8.42 Å². The van der Waals surface area contributed by atoms with Crippen LogP contribution in [0.1, 0.15) is 12.0 Å². The highest BCUT2D eigenvalue weighted by atomic mass is 32.3. The summed E-state index contributed by atoms with van der Waals surface area (Å²) in [5.74, 6) is -1.90. The first-order valence-electron chi connectivity index (χ1n) is 6.15. The van der Waals surface area contributed by atoms with Crippen molar-refractivity contribution in [2.75, 3.05) is 17.2 Å². The molecule has 1 aromatic rings. The third-order valence-electron chi connectivity index (χ3n) is 3.32. The largest absolute Gasteiger partial charge is 0.306 e. The summed E-state index contributed by atoms with van der Waals surface area (Å²) in [6, 6.07) is 4.39. The molecule has 1 saturated heterocycles. The molecular formula is C12H13FN2O5S. The lowest BCUT2D eigenvalue weighted by Gasteiger charge is -2.18. The second-order valence-corrected chi connectivity index (χ2v) is 6.39. The highest BCUT2D eigenvalue weighted by Crippen LogP contribution is 2.35. The van der Waals surface area contributed by atoms with Gasteiger partial charge in [-0.3, -0.25) is 14.9 Å². The van der Waals surface area contributed by atoms with E-state index in [1.165, 1.54) is 17.0 Å². The molecule has 0 N–H and O–H groups in total. The zero-order valence-corrected chi connectivity index (χ0v) is 12.0. The van der Waals surface area contributed by atoms with Crippen LogP contribution < -0.4 is 4.90 Å². The third-order valence-corrected chi connectivity index (χ3v) is 4.19. The Bertz CT molecular complexity index is 704. The van der Waals surface area contributed by atoms with Crippen LogP contribution >= 0.6 is 0 Å². The van der Waals surface area contributed by atoms with E-state index in [1.54, 1.807) is 13.0 Å². The SMILES string of the molecule is Cc1cccc([N+](=O)[O-])c1N1CC(CS(=O)(=O)F)CC1=O. The predicted octanol–water partition coefficient (Wildman–Crippen LogP) is 1.56. The number of para-hydroxylation sites is 1. The number of benzene rings is 1. The molecule has 1 atom stereocenters. The summed E-state index contributed by atoms with van der Waals surface area (Å²) < 4.78 is 34.1. The Morgan fingerprint density at radius 2 is 2.14 bits per heavy atom. The highest BCUT2D eigenvalue weighted by molar-refractivity contribution is 7.86. The van der Waals surface area contributed by atoms with Gasteiger partial charge in [0, 0.05) is 24.9 Å². The zero-order chi connectivity index (χ0) is 15.8. The molecule has 0 aromatic heterocycles. The predicted molar refractivity (Wildman–Crippen MR) is 73.2 cm³/mol. The van der Waals surface area contributed by atoms with Crippen LogP contribution in [0.4, 0.5) is 15.3 Å². The van der Waals surface area contributed by atoms with Crippen molar-refractivity contribution in [3.63, 3.8) is 0 Å². The third kappa shape index (κ3) is 3.35. The fourth-order valence-corrected chi connectivity index (χ4v) is 3.32. The number of carbonyl (C=O) groups excluding carboxylic acids is 1. The van der Waals surface area contributed by atoms with Gasteiger partial charge in [0.25, 0.3) is 5.69 Å². The maximum atomic E-state index is 12.7. The lowest BCUT2D eigenvalue weighted by atomic mass is 10.1. The number of nitro benzene ring substituents is 1. The van der Waals surface area contributed by atoms with Gasteiger partial charge in [-0.05, 0) is 12.5 Å². The maximum absolute atomic E-state index is 12.7. The molecule has 1 unspecified atom stereocenters. The first-order valence-corrected chi connectivity index (χ1v) is 7.71. The number of halogens is 1. The van der Waals surface area contributed by atoms with Crippen molar-refractivity contribution in [1.82, 2.24) is 0 Å². The van der Waals surface area contributed by atoms with Gasteiger partial charge in [0.15, 0.2) is 0 Å². The number of hydrogen-bond acceptors (Lipinski definition) is 5. The minimum atomic E-state index is -4.69. The molecule has 1 heterocycles. The van der Waals surface area contributed by atoms with Gasteiger partial charge in [-0.25, -0.2) is 0 Å². The van der Waals surface area contributed by atoms with Crippen molar-refractivity contribution in [3.8, 4) is 0 Å². The van der Waals surface area contributed by atoms with E-state index in [0.717, 1.165) is 0 Å². The van der Waals surface area contributed by atoms with Gasteiger partial charge >= 0.3 is 10.2 Å². The second kappa shape index (κ2) is 5.40. The maximum Gasteiger partial charge on any atom is 0.302 e. The molecule has 1 aliphatic heterocycles. The molecule has 9 heteroatoms. The van der Waals surface area contributed by atoms with E-state index >= 15 is 0 Å². The van der Waals surface area contributed by atoms with Crippen LogP contribution in [0.3, 0.4) is 0 Å². The number of rotatable bonds is 4. The molecule has 0 radical (unpaired) electrons. The molecule has 0 saturated carbocycles. The lowest BCUT2D eigenvalue weighted by Crippen LogP contribution is -2.27. The minimum Gasteiger partial charge on any atom is -0.306 e. The Balaban J connectivity index is 2.36. The Labute approximate surface area is 120 Å². The molecule has 1 aliphatic rings. The molecule has 1 amide bonds. The first-order chi connectivity index (χ1) is 9.69. The van der Waals surface area contributed by atoms with Crippen LogP contribution in [-0.2, 0) is 15.0 Å². The van der Waals surface area contributed by atoms with E-state index in [1.807, 2.05) is 0 Å². The average Bonchev–Trinajstić information content (AvgIpc) is 2.66. The van der Waals surface area contributed by atoms with Crippen molar-refractivity contribution in [2.45, 2.75) is 13.3 Å². The standard InChI is InChI=1S/C12H13FN2O5S/c1-8-3-2-4-10(15(17)18)12(8)14-6-9(5-11(14)16)7-21(13,19)20/h2-4,9H,5-7H2,1H3. The summed E-state index contributed by atoms with van der Waals surface area (Å²) >= 11 is 0. The van der Waals surface area contributed by atoms with E-state index in [4.69, 9.17) is 0 Å². The number of carbonyl (C=O) groups is 1. The Morgan fingerprint density at radius 1 is 1.48 bits per heavy atom. The van der Waals surface area contributed by atoms with E-state index in [0.29, 0.717) is 5.56 Å². The van der Waals surface area contributed by atoms with Crippen LogP contribution in [-0.4, -0.2) is 31.5 Å². The van der Waals surface area contributed by atoms with Crippen LogP contribution in [0.15, 0.2) is 18.2 Å². The Morgan fingerprint density at radius 3 is 2.71 bits per heavy atom. The molecule has 7 nitrogen and oxygen atoms in total. The van der Waals surface area contributed by atoms with Crippen molar-refractivity contribution < 1.29 is 22.0 Å². The number of hydrogen-bond donors (Lipinski definition) is 0. The van der Waals surface area contributed by atoms with Gasteiger partial charge in [-0.15, -0.1) is 3.89 Å². The van der Waals surface area contributed by atoms with Crippen LogP contribution in [0.2, 0.25) is 0 Å². The Hall–Kier alpha value is -2.03. The molecule has 0 aliphatic carbocycles. The number of nitro groups is 1. The normalized spacial score (nSPS) is 19.0. The van der Waals surface area contributed by atoms with Crippen molar-refractivity contribution in [1.29, 1.82) is 0 Å². The first kappa shape index (κ1) is 15.4. The van der Waals surface area contributed by atoms with E-state index < -0.39 is 32.7 Å². The number of aryl methyl sites for hydroxylation is 1. The molecule has 0 spiro atoms. The quantitative estimate of drug-likeness (QED) is 0.477. The van der Waals surface area contributed by atoms with Crippen LogP contribution in [0, 0.1) is 23.0 Å². The van der Waals surface area contributed by atoms with Crippen molar-refractivity contribution in [3.05, 3.63) is 33.9 Å². The Kier molecular flexibility index (Phi) is 3.95.